The molecule has 3 rings (SSSR count). The molecule has 0 saturated heterocycles. The van der Waals surface area contributed by atoms with Crippen LogP contribution in [0.4, 0.5) is 17.5 Å². The van der Waals surface area contributed by atoms with Gasteiger partial charge in [0.25, 0.3) is 0 Å². The van der Waals surface area contributed by atoms with Crippen molar-refractivity contribution in [3.05, 3.63) is 52.0 Å². The predicted octanol–water partition coefficient (Wildman–Crippen LogP) is 3.71. The summed E-state index contributed by atoms with van der Waals surface area (Å²) in [4.78, 5) is 8.13. The average Bonchev–Trinajstić information content (AvgIpc) is 2.48. The van der Waals surface area contributed by atoms with Crippen molar-refractivity contribution in [2.75, 3.05) is 16.8 Å². The Kier molecular flexibility index (Phi) is 3.92. The van der Waals surface area contributed by atoms with Gasteiger partial charge in [0.05, 0.1) is 15.6 Å². The van der Waals surface area contributed by atoms with Crippen LogP contribution in [-0.2, 0) is 6.54 Å². The van der Waals surface area contributed by atoms with Gasteiger partial charge in [-0.05, 0) is 35.9 Å². The zero-order valence-electron chi connectivity index (χ0n) is 11.5. The highest BCUT2D eigenvalue weighted by molar-refractivity contribution is 6.42. The normalized spacial score (nSPS) is 10.8. The minimum Gasteiger partial charge on any atom is -0.383 e. The Labute approximate surface area is 137 Å². The number of hydrogen-bond acceptors (Lipinski definition) is 5. The number of hydrogen-bond donors (Lipinski definition) is 3. The van der Waals surface area contributed by atoms with Gasteiger partial charge in [-0.3, -0.25) is 0 Å². The fourth-order valence-corrected chi connectivity index (χ4v) is 2.44. The Balaban J connectivity index is 1.83. The highest BCUT2D eigenvalue weighted by Gasteiger charge is 2.05. The molecule has 5 N–H and O–H groups in total. The van der Waals surface area contributed by atoms with E-state index in [2.05, 4.69) is 15.3 Å². The van der Waals surface area contributed by atoms with Crippen LogP contribution in [0.15, 0.2) is 36.4 Å². The molecule has 0 unspecified atom stereocenters. The first-order valence-electron chi connectivity index (χ1n) is 6.53. The van der Waals surface area contributed by atoms with Crippen LogP contribution in [0.5, 0.6) is 0 Å². The summed E-state index contributed by atoms with van der Waals surface area (Å²) in [7, 11) is 0. The maximum Gasteiger partial charge on any atom is 0.222 e. The van der Waals surface area contributed by atoms with Gasteiger partial charge in [0.2, 0.25) is 5.95 Å². The zero-order valence-corrected chi connectivity index (χ0v) is 13.0. The van der Waals surface area contributed by atoms with Crippen molar-refractivity contribution in [1.29, 1.82) is 0 Å². The van der Waals surface area contributed by atoms with Crippen molar-refractivity contribution in [1.82, 2.24) is 9.97 Å². The van der Waals surface area contributed by atoms with Gasteiger partial charge in [0.15, 0.2) is 0 Å². The van der Waals surface area contributed by atoms with Crippen molar-refractivity contribution in [2.24, 2.45) is 0 Å². The topological polar surface area (TPSA) is 89.8 Å². The number of nitrogens with one attached hydrogen (secondary N) is 1. The largest absolute Gasteiger partial charge is 0.383 e. The van der Waals surface area contributed by atoms with Crippen molar-refractivity contribution in [3.8, 4) is 0 Å². The van der Waals surface area contributed by atoms with Crippen LogP contribution in [0.2, 0.25) is 10.0 Å². The van der Waals surface area contributed by atoms with Crippen LogP contribution >= 0.6 is 23.2 Å². The fourth-order valence-electron chi connectivity index (χ4n) is 2.14. The summed E-state index contributed by atoms with van der Waals surface area (Å²) in [5.74, 6) is 0.547. The van der Waals surface area contributed by atoms with E-state index in [0.717, 1.165) is 22.2 Å². The fraction of sp³-hybridized carbons (Fsp3) is 0.0667. The molecule has 0 atom stereocenters. The molecule has 22 heavy (non-hydrogen) atoms. The van der Waals surface area contributed by atoms with Crippen LogP contribution in [0, 0.1) is 0 Å². The first-order valence-corrected chi connectivity index (χ1v) is 7.29. The molecule has 1 heterocycles. The molecule has 0 aliphatic rings. The van der Waals surface area contributed by atoms with Gasteiger partial charge in [-0.25, -0.2) is 4.98 Å². The number of nitrogens with two attached hydrogens (primary N) is 2. The van der Waals surface area contributed by atoms with E-state index in [-0.39, 0.29) is 5.95 Å². The Bertz CT molecular complexity index is 851. The van der Waals surface area contributed by atoms with E-state index in [4.69, 9.17) is 34.7 Å². The predicted molar refractivity (Wildman–Crippen MR) is 92.2 cm³/mol. The Morgan fingerprint density at radius 1 is 0.955 bits per heavy atom. The van der Waals surface area contributed by atoms with E-state index in [1.54, 1.807) is 12.1 Å². The van der Waals surface area contributed by atoms with Crippen molar-refractivity contribution >= 4 is 51.6 Å². The van der Waals surface area contributed by atoms with E-state index in [1.165, 1.54) is 0 Å². The molecular weight excluding hydrogens is 321 g/mol. The monoisotopic (exact) mass is 333 g/mol. The molecule has 0 radical (unpaired) electrons. The third-order valence-electron chi connectivity index (χ3n) is 3.22. The summed E-state index contributed by atoms with van der Waals surface area (Å²) in [6.45, 7) is 0.609. The first kappa shape index (κ1) is 14.7. The third-order valence-corrected chi connectivity index (χ3v) is 3.96. The van der Waals surface area contributed by atoms with Crippen molar-refractivity contribution in [2.45, 2.75) is 6.54 Å². The molecule has 5 nitrogen and oxygen atoms in total. The second kappa shape index (κ2) is 5.87. The van der Waals surface area contributed by atoms with Crippen LogP contribution in [0.25, 0.3) is 10.9 Å². The first-order chi connectivity index (χ1) is 10.5. The average molecular weight is 334 g/mol. The number of fused-ring (bicyclic) bond motifs is 1. The Morgan fingerprint density at radius 3 is 2.55 bits per heavy atom. The molecule has 0 saturated carbocycles. The minimum atomic E-state index is 0.173. The van der Waals surface area contributed by atoms with E-state index in [1.807, 2.05) is 24.3 Å². The molecule has 3 aromatic rings. The van der Waals surface area contributed by atoms with Gasteiger partial charge in [-0.2, -0.15) is 4.98 Å². The number of anilines is 3. The summed E-state index contributed by atoms with van der Waals surface area (Å²) in [5.41, 5.74) is 14.1. The number of nitrogens with zero attached hydrogens (tertiary/aromatic N) is 2. The highest BCUT2D eigenvalue weighted by atomic mass is 35.5. The van der Waals surface area contributed by atoms with Crippen LogP contribution < -0.4 is 16.8 Å². The maximum absolute atomic E-state index is 5.99. The molecule has 0 aliphatic carbocycles. The molecule has 0 bridgehead atoms. The molecule has 2 aromatic carbocycles. The minimum absolute atomic E-state index is 0.173. The lowest BCUT2D eigenvalue weighted by molar-refractivity contribution is 1.15. The second-order valence-corrected chi connectivity index (χ2v) is 5.62. The van der Waals surface area contributed by atoms with E-state index in [9.17, 15) is 0 Å². The molecule has 112 valence electrons. The lowest BCUT2D eigenvalue weighted by Gasteiger charge is -2.09. The lowest BCUT2D eigenvalue weighted by atomic mass is 10.1. The zero-order chi connectivity index (χ0) is 15.7. The number of halogens is 2. The van der Waals surface area contributed by atoms with Gasteiger partial charge < -0.3 is 16.8 Å². The Hall–Kier alpha value is -2.24. The quantitative estimate of drug-likeness (QED) is 0.679. The molecule has 0 spiro atoms. The lowest BCUT2D eigenvalue weighted by Crippen LogP contribution is -2.03. The van der Waals surface area contributed by atoms with Gasteiger partial charge in [0.1, 0.15) is 5.82 Å². The molecule has 0 fully saturated rings. The molecular formula is C15H13Cl2N5. The van der Waals surface area contributed by atoms with Gasteiger partial charge in [0, 0.05) is 17.6 Å². The number of rotatable bonds is 3. The van der Waals surface area contributed by atoms with Crippen molar-refractivity contribution in [3.63, 3.8) is 0 Å². The second-order valence-electron chi connectivity index (χ2n) is 4.80. The number of benzene rings is 2. The van der Waals surface area contributed by atoms with Crippen LogP contribution in [0.3, 0.4) is 0 Å². The van der Waals surface area contributed by atoms with Crippen LogP contribution in [-0.4, -0.2) is 9.97 Å². The maximum atomic E-state index is 5.99. The van der Waals surface area contributed by atoms with Gasteiger partial charge >= 0.3 is 0 Å². The Morgan fingerprint density at radius 2 is 1.77 bits per heavy atom. The summed E-state index contributed by atoms with van der Waals surface area (Å²) in [6, 6.07) is 11.2. The van der Waals surface area contributed by atoms with Gasteiger partial charge in [-0.1, -0.05) is 29.3 Å². The smallest absolute Gasteiger partial charge is 0.222 e. The molecule has 1 aromatic heterocycles. The van der Waals surface area contributed by atoms with Crippen LogP contribution in [0.1, 0.15) is 5.56 Å². The van der Waals surface area contributed by atoms with E-state index < -0.39 is 0 Å². The van der Waals surface area contributed by atoms with Gasteiger partial charge in [-0.15, -0.1) is 0 Å². The number of nitrogen functional groups attached to an aromatic ring is 2. The number of aromatic nitrogens is 2. The third kappa shape index (κ3) is 3.00. The summed E-state index contributed by atoms with van der Waals surface area (Å²) < 4.78 is 0. The SMILES string of the molecule is Nc1nc(N)c2cc(CNc3ccc(Cl)c(Cl)c3)ccc2n1. The van der Waals surface area contributed by atoms with Crippen molar-refractivity contribution < 1.29 is 0 Å². The molecule has 0 amide bonds. The summed E-state index contributed by atoms with van der Waals surface area (Å²) in [6.07, 6.45) is 0. The molecule has 0 aliphatic heterocycles. The summed E-state index contributed by atoms with van der Waals surface area (Å²) in [5, 5.41) is 5.10. The van der Waals surface area contributed by atoms with E-state index in [0.29, 0.717) is 22.4 Å². The molecule has 7 heteroatoms. The highest BCUT2D eigenvalue weighted by Crippen LogP contribution is 2.26. The summed E-state index contributed by atoms with van der Waals surface area (Å²) >= 11 is 11.9. The van der Waals surface area contributed by atoms with E-state index >= 15 is 0 Å². The standard InChI is InChI=1S/C15H13Cl2N5/c16-11-3-2-9(6-12(11)17)20-7-8-1-4-13-10(5-8)14(18)22-15(19)21-13/h1-6,20H,7H2,(H4,18,19,21,22).